The van der Waals surface area contributed by atoms with Crippen molar-refractivity contribution < 1.29 is 13.6 Å². The molecular formula is C20H17F2N7O. The Morgan fingerprint density at radius 3 is 2.97 bits per heavy atom. The van der Waals surface area contributed by atoms with E-state index in [0.29, 0.717) is 17.8 Å². The van der Waals surface area contributed by atoms with Crippen LogP contribution in [0.25, 0.3) is 11.5 Å². The molecule has 0 bridgehead atoms. The Balaban J connectivity index is 1.35. The lowest BCUT2D eigenvalue weighted by Crippen LogP contribution is -2.32. The number of hydrogen-bond donors (Lipinski definition) is 1. The predicted molar refractivity (Wildman–Crippen MR) is 102 cm³/mol. The highest BCUT2D eigenvalue weighted by Gasteiger charge is 2.27. The Bertz CT molecular complexity index is 1250. The second-order valence-electron chi connectivity index (χ2n) is 7.21. The summed E-state index contributed by atoms with van der Waals surface area (Å²) in [5.74, 6) is -1.00. The van der Waals surface area contributed by atoms with Crippen LogP contribution in [0.15, 0.2) is 43.1 Å². The van der Waals surface area contributed by atoms with Crippen molar-refractivity contribution in [1.82, 2.24) is 34.7 Å². The molecule has 0 saturated heterocycles. The summed E-state index contributed by atoms with van der Waals surface area (Å²) in [6.45, 7) is 0. The molecule has 152 valence electrons. The quantitative estimate of drug-likeness (QED) is 0.559. The van der Waals surface area contributed by atoms with Gasteiger partial charge in [-0.3, -0.25) is 4.79 Å². The van der Waals surface area contributed by atoms with Gasteiger partial charge in [-0.15, -0.1) is 0 Å². The monoisotopic (exact) mass is 409 g/mol. The van der Waals surface area contributed by atoms with Gasteiger partial charge in [0.15, 0.2) is 5.82 Å². The number of halogens is 2. The van der Waals surface area contributed by atoms with Gasteiger partial charge in [0, 0.05) is 29.7 Å². The average Bonchev–Trinajstić information content (AvgIpc) is 3.35. The van der Waals surface area contributed by atoms with Crippen molar-refractivity contribution in [2.75, 3.05) is 0 Å². The fourth-order valence-corrected chi connectivity index (χ4v) is 3.85. The van der Waals surface area contributed by atoms with Crippen molar-refractivity contribution >= 4 is 11.7 Å². The van der Waals surface area contributed by atoms with Crippen LogP contribution >= 0.6 is 0 Å². The fraction of sp³-hybridized carbons (Fsp3) is 0.250. The lowest BCUT2D eigenvalue weighted by atomic mass is 9.92. The number of nitrogens with one attached hydrogen (secondary N) is 1. The standard InChI is InChI=1S/C20H17F2N7O/c21-13-4-5-18(15(22)7-13)29-17-3-1-2-16(14(17)9-25-29)27-19(30)6-12-8-23-20-24-11-26-28(20)10-12/h4-5,7-11,16H,1-3,6H2,(H,27,30)/t16-/m0/s1. The van der Waals surface area contributed by atoms with Crippen molar-refractivity contribution in [2.24, 2.45) is 0 Å². The van der Waals surface area contributed by atoms with Gasteiger partial charge in [0.05, 0.1) is 18.7 Å². The van der Waals surface area contributed by atoms with Crippen molar-refractivity contribution in [3.63, 3.8) is 0 Å². The van der Waals surface area contributed by atoms with Crippen LogP contribution in [0.5, 0.6) is 0 Å². The third-order valence-electron chi connectivity index (χ3n) is 5.21. The minimum absolute atomic E-state index is 0.148. The van der Waals surface area contributed by atoms with Crippen LogP contribution in [-0.2, 0) is 17.6 Å². The van der Waals surface area contributed by atoms with Gasteiger partial charge in [0.25, 0.3) is 5.78 Å². The second-order valence-corrected chi connectivity index (χ2v) is 7.21. The first-order valence-corrected chi connectivity index (χ1v) is 9.54. The lowest BCUT2D eigenvalue weighted by Gasteiger charge is -2.24. The van der Waals surface area contributed by atoms with Crippen molar-refractivity contribution in [3.8, 4) is 5.69 Å². The maximum atomic E-state index is 14.2. The lowest BCUT2D eigenvalue weighted by molar-refractivity contribution is -0.121. The molecule has 1 N–H and O–H groups in total. The Morgan fingerprint density at radius 2 is 2.10 bits per heavy atom. The van der Waals surface area contributed by atoms with Crippen LogP contribution in [-0.4, -0.2) is 35.3 Å². The van der Waals surface area contributed by atoms with Crippen LogP contribution in [0.4, 0.5) is 8.78 Å². The topological polar surface area (TPSA) is 90.0 Å². The molecule has 1 aliphatic carbocycles. The van der Waals surface area contributed by atoms with E-state index >= 15 is 0 Å². The highest BCUT2D eigenvalue weighted by atomic mass is 19.1. The SMILES string of the molecule is O=C(Cc1cnc2ncnn2c1)N[C@H]1CCCc2c1cnn2-c1ccc(F)cc1F. The first kappa shape index (κ1) is 18.3. The molecule has 3 heterocycles. The van der Waals surface area contributed by atoms with E-state index in [1.54, 1.807) is 18.6 Å². The van der Waals surface area contributed by atoms with Crippen LogP contribution < -0.4 is 5.32 Å². The summed E-state index contributed by atoms with van der Waals surface area (Å²) in [7, 11) is 0. The number of aromatic nitrogens is 6. The van der Waals surface area contributed by atoms with E-state index in [4.69, 9.17) is 0 Å². The van der Waals surface area contributed by atoms with E-state index in [2.05, 4.69) is 25.5 Å². The van der Waals surface area contributed by atoms with Crippen molar-refractivity contribution in [3.05, 3.63) is 71.6 Å². The summed E-state index contributed by atoms with van der Waals surface area (Å²) in [6, 6.07) is 3.19. The highest BCUT2D eigenvalue weighted by molar-refractivity contribution is 5.79. The summed E-state index contributed by atoms with van der Waals surface area (Å²) in [4.78, 5) is 20.8. The number of rotatable bonds is 4. The predicted octanol–water partition coefficient (Wildman–Crippen LogP) is 2.32. The van der Waals surface area contributed by atoms with E-state index in [1.165, 1.54) is 27.7 Å². The molecule has 0 radical (unpaired) electrons. The minimum Gasteiger partial charge on any atom is -0.349 e. The maximum absolute atomic E-state index is 14.2. The largest absolute Gasteiger partial charge is 0.349 e. The number of nitrogens with zero attached hydrogens (tertiary/aromatic N) is 6. The molecule has 1 amide bonds. The normalized spacial score (nSPS) is 15.9. The van der Waals surface area contributed by atoms with Crippen LogP contribution in [0.1, 0.15) is 35.7 Å². The minimum atomic E-state index is -0.678. The molecule has 5 rings (SSSR count). The smallest absolute Gasteiger partial charge is 0.252 e. The van der Waals surface area contributed by atoms with E-state index in [9.17, 15) is 13.6 Å². The summed E-state index contributed by atoms with van der Waals surface area (Å²) in [6.07, 6.45) is 8.79. The van der Waals surface area contributed by atoms with Gasteiger partial charge in [-0.2, -0.15) is 15.2 Å². The van der Waals surface area contributed by atoms with Gasteiger partial charge < -0.3 is 5.32 Å². The van der Waals surface area contributed by atoms with Gasteiger partial charge in [0.1, 0.15) is 17.8 Å². The zero-order chi connectivity index (χ0) is 20.7. The molecule has 30 heavy (non-hydrogen) atoms. The van der Waals surface area contributed by atoms with Crippen LogP contribution in [0.3, 0.4) is 0 Å². The number of benzene rings is 1. The number of fused-ring (bicyclic) bond motifs is 2. The van der Waals surface area contributed by atoms with E-state index in [1.807, 2.05) is 0 Å². The average molecular weight is 409 g/mol. The molecule has 1 atom stereocenters. The summed E-state index contributed by atoms with van der Waals surface area (Å²) >= 11 is 0. The maximum Gasteiger partial charge on any atom is 0.252 e. The molecule has 1 aromatic carbocycles. The number of amides is 1. The fourth-order valence-electron chi connectivity index (χ4n) is 3.85. The molecular weight excluding hydrogens is 392 g/mol. The molecule has 3 aromatic heterocycles. The molecule has 1 aliphatic rings. The molecule has 4 aromatic rings. The van der Waals surface area contributed by atoms with Gasteiger partial charge in [-0.25, -0.2) is 23.0 Å². The van der Waals surface area contributed by atoms with Crippen molar-refractivity contribution in [1.29, 1.82) is 0 Å². The number of carbonyl (C=O) groups excluding carboxylic acids is 1. The first-order valence-electron chi connectivity index (χ1n) is 9.54. The van der Waals surface area contributed by atoms with Gasteiger partial charge in [-0.1, -0.05) is 0 Å². The van der Waals surface area contributed by atoms with E-state index in [0.717, 1.165) is 30.2 Å². The van der Waals surface area contributed by atoms with Gasteiger partial charge >= 0.3 is 0 Å². The Labute approximate surface area is 169 Å². The highest BCUT2D eigenvalue weighted by Crippen LogP contribution is 2.31. The second kappa shape index (κ2) is 7.29. The van der Waals surface area contributed by atoms with Crippen molar-refractivity contribution in [2.45, 2.75) is 31.7 Å². The first-order chi connectivity index (χ1) is 14.6. The molecule has 0 aliphatic heterocycles. The van der Waals surface area contributed by atoms with E-state index < -0.39 is 11.6 Å². The third-order valence-corrected chi connectivity index (χ3v) is 5.21. The summed E-state index contributed by atoms with van der Waals surface area (Å²) in [5.41, 5.74) is 2.58. The molecule has 0 spiro atoms. The zero-order valence-corrected chi connectivity index (χ0v) is 15.8. The zero-order valence-electron chi connectivity index (χ0n) is 15.8. The summed E-state index contributed by atoms with van der Waals surface area (Å²) < 4.78 is 30.5. The van der Waals surface area contributed by atoms with E-state index in [-0.39, 0.29) is 24.1 Å². The number of hydrogen-bond acceptors (Lipinski definition) is 5. The number of carbonyl (C=O) groups is 1. The molecule has 0 unspecified atom stereocenters. The Hall–Kier alpha value is -3.69. The van der Waals surface area contributed by atoms with Gasteiger partial charge in [0.2, 0.25) is 5.91 Å². The van der Waals surface area contributed by atoms with Crippen LogP contribution in [0.2, 0.25) is 0 Å². The molecule has 0 saturated carbocycles. The molecule has 0 fully saturated rings. The Morgan fingerprint density at radius 1 is 1.20 bits per heavy atom. The van der Waals surface area contributed by atoms with Crippen LogP contribution in [0, 0.1) is 11.6 Å². The summed E-state index contributed by atoms with van der Waals surface area (Å²) in [5, 5.41) is 11.4. The van der Waals surface area contributed by atoms with Gasteiger partial charge in [-0.05, 0) is 37.0 Å². The molecule has 8 nitrogen and oxygen atoms in total. The molecule has 10 heteroatoms. The third kappa shape index (κ3) is 3.30. The Kier molecular flexibility index (Phi) is 4.46.